The highest BCUT2D eigenvalue weighted by Gasteiger charge is 2.25. The summed E-state index contributed by atoms with van der Waals surface area (Å²) in [7, 11) is 1.88. The molecule has 2 heterocycles. The van der Waals surface area contributed by atoms with Gasteiger partial charge in [0, 0.05) is 44.5 Å². The van der Waals surface area contributed by atoms with Crippen molar-refractivity contribution in [1.29, 1.82) is 0 Å². The smallest absolute Gasteiger partial charge is 0.194 e. The molecule has 1 unspecified atom stereocenters. The van der Waals surface area contributed by atoms with Crippen LogP contribution >= 0.6 is 24.0 Å². The minimum Gasteiger partial charge on any atom is -0.370 e. The average molecular weight is 505 g/mol. The lowest BCUT2D eigenvalue weighted by atomic mass is 10.1. The van der Waals surface area contributed by atoms with E-state index in [1.54, 1.807) is 4.68 Å². The van der Waals surface area contributed by atoms with E-state index in [9.17, 15) is 8.78 Å². The van der Waals surface area contributed by atoms with E-state index in [2.05, 4.69) is 20.3 Å². The van der Waals surface area contributed by atoms with E-state index in [0.29, 0.717) is 31.7 Å². The van der Waals surface area contributed by atoms with E-state index in [4.69, 9.17) is 4.74 Å². The zero-order valence-corrected chi connectivity index (χ0v) is 18.4. The molecule has 0 amide bonds. The molecule has 1 aliphatic rings. The summed E-state index contributed by atoms with van der Waals surface area (Å²) in [5.74, 6) is -0.321. The molecule has 1 atom stereocenters. The number of halogens is 3. The van der Waals surface area contributed by atoms with Crippen LogP contribution in [0.3, 0.4) is 0 Å². The van der Waals surface area contributed by atoms with Crippen molar-refractivity contribution in [2.45, 2.75) is 19.4 Å². The summed E-state index contributed by atoms with van der Waals surface area (Å²) in [6.07, 6.45) is 4.12. The second kappa shape index (κ2) is 10.7. The minimum atomic E-state index is -0.567. The number of rotatable bonds is 5. The number of nitrogens with one attached hydrogen (secondary N) is 1. The maximum atomic E-state index is 13.8. The fourth-order valence-corrected chi connectivity index (χ4v) is 3.08. The van der Waals surface area contributed by atoms with Crippen molar-refractivity contribution >= 4 is 29.9 Å². The Labute approximate surface area is 181 Å². The first-order valence-electron chi connectivity index (χ1n) is 9.14. The first-order chi connectivity index (χ1) is 13.1. The number of aromatic nitrogens is 2. The third-order valence-electron chi connectivity index (χ3n) is 4.46. The summed E-state index contributed by atoms with van der Waals surface area (Å²) in [6.45, 7) is 5.15. The van der Waals surface area contributed by atoms with Gasteiger partial charge in [-0.15, -0.1) is 24.0 Å². The molecule has 6 nitrogen and oxygen atoms in total. The Morgan fingerprint density at radius 3 is 2.89 bits per heavy atom. The number of hydrogen-bond donors (Lipinski definition) is 1. The van der Waals surface area contributed by atoms with Gasteiger partial charge < -0.3 is 15.0 Å². The Balaban J connectivity index is 0.00000280. The van der Waals surface area contributed by atoms with E-state index in [1.807, 2.05) is 26.4 Å². The van der Waals surface area contributed by atoms with Gasteiger partial charge in [-0.05, 0) is 25.0 Å². The molecule has 0 spiro atoms. The number of aryl methyl sites for hydroxylation is 1. The van der Waals surface area contributed by atoms with Crippen LogP contribution in [0.4, 0.5) is 8.78 Å². The molecule has 0 aliphatic carbocycles. The van der Waals surface area contributed by atoms with Gasteiger partial charge in [-0.25, -0.2) is 8.78 Å². The lowest BCUT2D eigenvalue weighted by Crippen LogP contribution is -2.48. The van der Waals surface area contributed by atoms with Crippen LogP contribution < -0.4 is 5.32 Å². The highest BCUT2D eigenvalue weighted by Crippen LogP contribution is 2.21. The molecule has 1 aromatic carbocycles. The molecule has 0 radical (unpaired) electrons. The summed E-state index contributed by atoms with van der Waals surface area (Å²) in [5.41, 5.74) is 1.50. The quantitative estimate of drug-likeness (QED) is 0.386. The maximum absolute atomic E-state index is 13.8. The van der Waals surface area contributed by atoms with Crippen LogP contribution in [0.25, 0.3) is 0 Å². The van der Waals surface area contributed by atoms with Gasteiger partial charge in [0.15, 0.2) is 5.96 Å². The molecular weight excluding hydrogens is 479 g/mol. The molecule has 0 saturated carbocycles. The SMILES string of the molecule is CCNC(=NCCc1ccc(F)cc1F)N1CCOC(c2cnn(C)c2)C1.I. The van der Waals surface area contributed by atoms with Gasteiger partial charge in [0.25, 0.3) is 0 Å². The van der Waals surface area contributed by atoms with Gasteiger partial charge >= 0.3 is 0 Å². The second-order valence-electron chi connectivity index (χ2n) is 6.47. The monoisotopic (exact) mass is 505 g/mol. The van der Waals surface area contributed by atoms with Crippen LogP contribution in [-0.4, -0.2) is 53.4 Å². The molecule has 0 bridgehead atoms. The zero-order valence-electron chi connectivity index (χ0n) is 16.1. The number of aliphatic imine (C=N–C) groups is 1. The zero-order chi connectivity index (χ0) is 19.2. The number of morpholine rings is 1. The predicted octanol–water partition coefficient (Wildman–Crippen LogP) is 2.90. The third kappa shape index (κ3) is 5.87. The molecular formula is C19H26F2IN5O. The topological polar surface area (TPSA) is 54.7 Å². The molecule has 3 rings (SSSR count). The summed E-state index contributed by atoms with van der Waals surface area (Å²) < 4.78 is 34.4. The van der Waals surface area contributed by atoms with Gasteiger partial charge in [0.2, 0.25) is 0 Å². The van der Waals surface area contributed by atoms with Crippen LogP contribution in [0.2, 0.25) is 0 Å². The Kier molecular flexibility index (Phi) is 8.61. The molecule has 1 aliphatic heterocycles. The second-order valence-corrected chi connectivity index (χ2v) is 6.47. The summed E-state index contributed by atoms with van der Waals surface area (Å²) >= 11 is 0. The van der Waals surface area contributed by atoms with Crippen LogP contribution in [0.1, 0.15) is 24.2 Å². The molecule has 2 aromatic rings. The fraction of sp³-hybridized carbons (Fsp3) is 0.474. The van der Waals surface area contributed by atoms with Gasteiger partial charge in [0.1, 0.15) is 17.7 Å². The highest BCUT2D eigenvalue weighted by atomic mass is 127. The van der Waals surface area contributed by atoms with E-state index in [1.165, 1.54) is 12.1 Å². The van der Waals surface area contributed by atoms with Gasteiger partial charge in [-0.3, -0.25) is 9.67 Å². The Morgan fingerprint density at radius 2 is 2.21 bits per heavy atom. The summed E-state index contributed by atoms with van der Waals surface area (Å²) in [4.78, 5) is 6.77. The molecule has 9 heteroatoms. The van der Waals surface area contributed by atoms with E-state index >= 15 is 0 Å². The Hall–Kier alpha value is -1.75. The number of benzene rings is 1. The molecule has 1 aromatic heterocycles. The summed E-state index contributed by atoms with van der Waals surface area (Å²) in [5, 5.41) is 7.49. The highest BCUT2D eigenvalue weighted by molar-refractivity contribution is 14.0. The van der Waals surface area contributed by atoms with Crippen molar-refractivity contribution in [3.05, 3.63) is 53.4 Å². The van der Waals surface area contributed by atoms with Crippen LogP contribution in [0.5, 0.6) is 0 Å². The minimum absolute atomic E-state index is 0. The molecule has 154 valence electrons. The summed E-state index contributed by atoms with van der Waals surface area (Å²) in [6, 6.07) is 3.65. The largest absolute Gasteiger partial charge is 0.370 e. The molecule has 1 saturated heterocycles. The third-order valence-corrected chi connectivity index (χ3v) is 4.46. The van der Waals surface area contributed by atoms with Crippen molar-refractivity contribution < 1.29 is 13.5 Å². The maximum Gasteiger partial charge on any atom is 0.194 e. The lowest BCUT2D eigenvalue weighted by molar-refractivity contribution is -0.00803. The van der Waals surface area contributed by atoms with E-state index < -0.39 is 11.6 Å². The van der Waals surface area contributed by atoms with Crippen LogP contribution in [-0.2, 0) is 18.2 Å². The van der Waals surface area contributed by atoms with Crippen LogP contribution in [0, 0.1) is 11.6 Å². The first kappa shape index (κ1) is 22.5. The van der Waals surface area contributed by atoms with Gasteiger partial charge in [-0.1, -0.05) is 6.07 Å². The van der Waals surface area contributed by atoms with Crippen molar-refractivity contribution in [3.8, 4) is 0 Å². The molecule has 1 N–H and O–H groups in total. The van der Waals surface area contributed by atoms with E-state index in [-0.39, 0.29) is 30.1 Å². The standard InChI is InChI=1S/C19H25F2N5O.HI/c1-3-22-19(23-7-6-14-4-5-16(20)10-17(14)21)26-8-9-27-18(13-26)15-11-24-25(2)12-15;/h4-5,10-12,18H,3,6-9,13H2,1-2H3,(H,22,23);1H. The van der Waals surface area contributed by atoms with Crippen LogP contribution in [0.15, 0.2) is 35.6 Å². The van der Waals surface area contributed by atoms with Crippen molar-refractivity contribution in [2.75, 3.05) is 32.8 Å². The predicted molar refractivity (Wildman–Crippen MR) is 115 cm³/mol. The number of guanidine groups is 1. The normalized spacial score (nSPS) is 17.4. The number of hydrogen-bond acceptors (Lipinski definition) is 3. The fourth-order valence-electron chi connectivity index (χ4n) is 3.08. The molecule has 1 fully saturated rings. The number of nitrogens with zero attached hydrogens (tertiary/aromatic N) is 4. The van der Waals surface area contributed by atoms with E-state index in [0.717, 1.165) is 30.7 Å². The first-order valence-corrected chi connectivity index (χ1v) is 9.14. The lowest BCUT2D eigenvalue weighted by Gasteiger charge is -2.34. The van der Waals surface area contributed by atoms with Gasteiger partial charge in [-0.2, -0.15) is 5.10 Å². The Bertz CT molecular complexity index is 798. The van der Waals surface area contributed by atoms with Crippen molar-refractivity contribution in [3.63, 3.8) is 0 Å². The molecule has 28 heavy (non-hydrogen) atoms. The Morgan fingerprint density at radius 1 is 1.39 bits per heavy atom. The van der Waals surface area contributed by atoms with Gasteiger partial charge in [0.05, 0.1) is 19.3 Å². The van der Waals surface area contributed by atoms with Crippen molar-refractivity contribution in [1.82, 2.24) is 20.0 Å². The van der Waals surface area contributed by atoms with Crippen molar-refractivity contribution in [2.24, 2.45) is 12.0 Å². The number of ether oxygens (including phenoxy) is 1. The average Bonchev–Trinajstić information content (AvgIpc) is 3.09.